The second kappa shape index (κ2) is 6.78. The van der Waals surface area contributed by atoms with Crippen LogP contribution in [0.1, 0.15) is 11.6 Å². The predicted octanol–water partition coefficient (Wildman–Crippen LogP) is 2.46. The van der Waals surface area contributed by atoms with Gasteiger partial charge in [-0.15, -0.1) is 0 Å². The second-order valence-electron chi connectivity index (χ2n) is 5.40. The molecule has 122 valence electrons. The van der Waals surface area contributed by atoms with Gasteiger partial charge in [-0.2, -0.15) is 0 Å². The number of piperazine rings is 1. The number of hydrogen-bond acceptors (Lipinski definition) is 5. The van der Waals surface area contributed by atoms with Gasteiger partial charge in [-0.05, 0) is 17.7 Å². The molecule has 1 unspecified atom stereocenters. The fraction of sp³-hybridized carbons (Fsp3) is 0.333. The first-order chi connectivity index (χ1) is 11.1. The molecule has 1 atom stereocenters. The van der Waals surface area contributed by atoms with Gasteiger partial charge in [0.2, 0.25) is 0 Å². The number of allylic oxidation sites excluding steroid dienone is 1. The smallest absolute Gasteiger partial charge is 0.310 e. The lowest BCUT2D eigenvalue weighted by Crippen LogP contribution is -2.49. The molecule has 0 spiro atoms. The molecular formula is C15H16Cl2N4O2. The molecule has 1 aromatic carbocycles. The zero-order chi connectivity index (χ0) is 16.4. The molecule has 0 amide bonds. The Morgan fingerprint density at radius 1 is 1.26 bits per heavy atom. The molecule has 3 rings (SSSR count). The van der Waals surface area contributed by atoms with E-state index in [-0.39, 0.29) is 11.7 Å². The summed E-state index contributed by atoms with van der Waals surface area (Å²) in [7, 11) is 0. The first-order valence-electron chi connectivity index (χ1n) is 7.27. The van der Waals surface area contributed by atoms with E-state index >= 15 is 0 Å². The minimum atomic E-state index is -0.398. The van der Waals surface area contributed by atoms with E-state index in [0.717, 1.165) is 12.1 Å². The Bertz CT molecular complexity index is 673. The summed E-state index contributed by atoms with van der Waals surface area (Å²) in [6, 6.07) is 7.55. The number of nitro groups is 1. The van der Waals surface area contributed by atoms with Crippen molar-refractivity contribution in [1.29, 1.82) is 0 Å². The highest BCUT2D eigenvalue weighted by Gasteiger charge is 2.32. The highest BCUT2D eigenvalue weighted by Crippen LogP contribution is 2.29. The van der Waals surface area contributed by atoms with Crippen molar-refractivity contribution < 1.29 is 4.92 Å². The van der Waals surface area contributed by atoms with Gasteiger partial charge in [0.05, 0.1) is 17.5 Å². The number of hydrogen-bond donors (Lipinski definition) is 2. The van der Waals surface area contributed by atoms with Crippen molar-refractivity contribution in [2.75, 3.05) is 26.2 Å². The summed E-state index contributed by atoms with van der Waals surface area (Å²) < 4.78 is 0. The van der Waals surface area contributed by atoms with E-state index < -0.39 is 4.92 Å². The van der Waals surface area contributed by atoms with Gasteiger partial charge in [0.1, 0.15) is 0 Å². The minimum absolute atomic E-state index is 0.00196. The Labute approximate surface area is 143 Å². The van der Waals surface area contributed by atoms with Crippen LogP contribution in [0.2, 0.25) is 5.02 Å². The molecule has 0 aliphatic carbocycles. The molecule has 2 N–H and O–H groups in total. The van der Waals surface area contributed by atoms with Crippen molar-refractivity contribution in [2.45, 2.75) is 6.04 Å². The van der Waals surface area contributed by atoms with E-state index in [2.05, 4.69) is 10.6 Å². The van der Waals surface area contributed by atoms with Crippen LogP contribution in [0.5, 0.6) is 0 Å². The van der Waals surface area contributed by atoms with E-state index in [1.165, 1.54) is 6.08 Å². The fourth-order valence-electron chi connectivity index (χ4n) is 2.87. The lowest BCUT2D eigenvalue weighted by molar-refractivity contribution is -0.422. The second-order valence-corrected chi connectivity index (χ2v) is 6.32. The summed E-state index contributed by atoms with van der Waals surface area (Å²) in [5.74, 6) is 0.515. The van der Waals surface area contributed by atoms with E-state index in [0.29, 0.717) is 35.5 Å². The van der Waals surface area contributed by atoms with Crippen LogP contribution >= 0.6 is 23.2 Å². The quantitative estimate of drug-likeness (QED) is 0.644. The van der Waals surface area contributed by atoms with Crippen molar-refractivity contribution in [3.05, 3.63) is 67.6 Å². The molecule has 23 heavy (non-hydrogen) atoms. The monoisotopic (exact) mass is 354 g/mol. The summed E-state index contributed by atoms with van der Waals surface area (Å²) in [4.78, 5) is 13.0. The molecule has 1 aromatic rings. The first-order valence-corrected chi connectivity index (χ1v) is 8.03. The van der Waals surface area contributed by atoms with E-state index in [1.807, 2.05) is 29.2 Å². The Morgan fingerprint density at radius 2 is 2.00 bits per heavy atom. The standard InChI is InChI=1S/C15H16Cl2N4O2/c16-11-3-1-10(2-4-11)14-9-18-5-6-20(14)15-13(21(22)23)7-12(17)8-19-15/h1-4,7,14,18-19H,5-6,8-9H2. The molecule has 8 heteroatoms. The third-order valence-electron chi connectivity index (χ3n) is 3.94. The maximum atomic E-state index is 11.4. The average Bonchev–Trinajstić information content (AvgIpc) is 2.55. The first kappa shape index (κ1) is 16.1. The van der Waals surface area contributed by atoms with Crippen LogP contribution in [-0.4, -0.2) is 36.0 Å². The van der Waals surface area contributed by atoms with Crippen molar-refractivity contribution in [3.8, 4) is 0 Å². The van der Waals surface area contributed by atoms with Crippen LogP contribution in [0.3, 0.4) is 0 Å². The van der Waals surface area contributed by atoms with Crippen LogP contribution in [0, 0.1) is 10.1 Å². The van der Waals surface area contributed by atoms with Crippen LogP contribution < -0.4 is 10.6 Å². The highest BCUT2D eigenvalue weighted by atomic mass is 35.5. The van der Waals surface area contributed by atoms with Gasteiger partial charge >= 0.3 is 5.70 Å². The van der Waals surface area contributed by atoms with Gasteiger partial charge in [0.25, 0.3) is 0 Å². The molecule has 0 radical (unpaired) electrons. The van der Waals surface area contributed by atoms with Crippen LogP contribution in [0.4, 0.5) is 0 Å². The fourth-order valence-corrected chi connectivity index (χ4v) is 3.17. The molecule has 0 bridgehead atoms. The van der Waals surface area contributed by atoms with Crippen molar-refractivity contribution in [2.24, 2.45) is 0 Å². The molecule has 6 nitrogen and oxygen atoms in total. The van der Waals surface area contributed by atoms with E-state index in [1.54, 1.807) is 0 Å². The summed E-state index contributed by atoms with van der Waals surface area (Å²) in [5.41, 5.74) is 1.06. The molecular weight excluding hydrogens is 339 g/mol. The SMILES string of the molecule is O=[N+]([O-])C1=C(N2CCNCC2c2ccc(Cl)cc2)NCC(Cl)=C1. The number of rotatable bonds is 3. The zero-order valence-corrected chi connectivity index (χ0v) is 13.8. The largest absolute Gasteiger partial charge is 0.361 e. The molecule has 2 heterocycles. The van der Waals surface area contributed by atoms with Crippen LogP contribution in [0.25, 0.3) is 0 Å². The maximum Gasteiger partial charge on any atom is 0.310 e. The number of nitrogens with zero attached hydrogens (tertiary/aromatic N) is 2. The van der Waals surface area contributed by atoms with E-state index in [4.69, 9.17) is 23.2 Å². The Balaban J connectivity index is 1.99. The number of dihydropyridines is 1. The summed E-state index contributed by atoms with van der Waals surface area (Å²) >= 11 is 11.9. The molecule has 0 saturated carbocycles. The van der Waals surface area contributed by atoms with Gasteiger partial charge in [-0.25, -0.2) is 0 Å². The molecule has 2 aliphatic rings. The summed E-state index contributed by atoms with van der Waals surface area (Å²) in [6.45, 7) is 2.52. The van der Waals surface area contributed by atoms with Crippen molar-refractivity contribution in [3.63, 3.8) is 0 Å². The lowest BCUT2D eigenvalue weighted by atomic mass is 10.0. The van der Waals surface area contributed by atoms with Crippen molar-refractivity contribution in [1.82, 2.24) is 15.5 Å². The maximum absolute atomic E-state index is 11.4. The van der Waals surface area contributed by atoms with Gasteiger partial charge in [-0.3, -0.25) is 10.1 Å². The topological polar surface area (TPSA) is 70.4 Å². The lowest BCUT2D eigenvalue weighted by Gasteiger charge is -2.39. The van der Waals surface area contributed by atoms with Gasteiger partial charge < -0.3 is 15.5 Å². The summed E-state index contributed by atoms with van der Waals surface area (Å²) in [6.07, 6.45) is 1.42. The number of benzene rings is 1. The van der Waals surface area contributed by atoms with Gasteiger partial charge in [0.15, 0.2) is 5.82 Å². The van der Waals surface area contributed by atoms with E-state index in [9.17, 15) is 10.1 Å². The Morgan fingerprint density at radius 3 is 2.70 bits per heavy atom. The van der Waals surface area contributed by atoms with Crippen LogP contribution in [-0.2, 0) is 0 Å². The minimum Gasteiger partial charge on any atom is -0.361 e. The Hall–Kier alpha value is -1.76. The Kier molecular flexibility index (Phi) is 4.75. The molecule has 1 fully saturated rings. The molecule has 1 saturated heterocycles. The third-order valence-corrected chi connectivity index (χ3v) is 4.44. The molecule has 2 aliphatic heterocycles. The highest BCUT2D eigenvalue weighted by molar-refractivity contribution is 6.30. The number of halogens is 2. The normalized spacial score (nSPS) is 21.7. The summed E-state index contributed by atoms with van der Waals surface area (Å²) in [5, 5.41) is 18.9. The predicted molar refractivity (Wildman–Crippen MR) is 89.7 cm³/mol. The third kappa shape index (κ3) is 3.44. The average molecular weight is 355 g/mol. The zero-order valence-electron chi connectivity index (χ0n) is 12.3. The number of nitrogens with one attached hydrogen (secondary N) is 2. The van der Waals surface area contributed by atoms with Gasteiger partial charge in [0, 0.05) is 35.8 Å². The van der Waals surface area contributed by atoms with Gasteiger partial charge in [-0.1, -0.05) is 35.3 Å². The molecule has 0 aromatic heterocycles. The van der Waals surface area contributed by atoms with Crippen molar-refractivity contribution >= 4 is 23.2 Å². The van der Waals surface area contributed by atoms with Crippen LogP contribution in [0.15, 0.2) is 46.9 Å².